The topological polar surface area (TPSA) is 12.0 Å². The van der Waals surface area contributed by atoms with Gasteiger partial charge >= 0.3 is 0 Å². The van der Waals surface area contributed by atoms with Gasteiger partial charge in [-0.3, -0.25) is 0 Å². The van der Waals surface area contributed by atoms with Crippen LogP contribution in [0, 0.1) is 11.6 Å². The van der Waals surface area contributed by atoms with Crippen LogP contribution in [-0.2, 0) is 6.42 Å². The molecule has 3 heteroatoms. The number of rotatable bonds is 0. The largest absolute Gasteiger partial charge is 0.384 e. The third kappa shape index (κ3) is 1.26. The minimum Gasteiger partial charge on any atom is -0.384 e. The lowest BCUT2D eigenvalue weighted by molar-refractivity contribution is 0.577. The molecule has 1 aliphatic rings. The highest BCUT2D eigenvalue weighted by molar-refractivity contribution is 5.55. The van der Waals surface area contributed by atoms with Crippen LogP contribution in [-0.4, -0.2) is 6.54 Å². The van der Waals surface area contributed by atoms with E-state index in [9.17, 15) is 8.78 Å². The first-order chi connectivity index (χ1) is 5.27. The number of hydrogen-bond acceptors (Lipinski definition) is 1. The Morgan fingerprint density at radius 3 is 2.75 bits per heavy atom. The molecular weight excluding hydrogens is 160 g/mol. The Hall–Kier alpha value is -1.12. The van der Waals surface area contributed by atoms with Gasteiger partial charge < -0.3 is 5.32 Å². The normalized spacial score (nSPS) is 13.2. The number of hydrogen-bond donors (Lipinski definition) is 1. The van der Waals surface area contributed by atoms with Crippen molar-refractivity contribution < 1.29 is 8.78 Å². The molecule has 0 aromatic heterocycles. The highest BCUT2D eigenvalue weighted by Gasteiger charge is 2.15. The van der Waals surface area contributed by atoms with E-state index >= 15 is 0 Å². The Balaban J connectivity index is 0.000000720. The summed E-state index contributed by atoms with van der Waals surface area (Å²) >= 11 is 0. The van der Waals surface area contributed by atoms with Crippen molar-refractivity contribution >= 4 is 5.69 Å². The molecule has 0 radical (unpaired) electrons. The highest BCUT2D eigenvalue weighted by Crippen LogP contribution is 2.25. The van der Waals surface area contributed by atoms with E-state index in [1.54, 1.807) is 0 Å². The van der Waals surface area contributed by atoms with Crippen molar-refractivity contribution in [3.8, 4) is 0 Å². The molecule has 2 rings (SSSR count). The second-order valence-corrected chi connectivity index (χ2v) is 2.59. The van der Waals surface area contributed by atoms with Gasteiger partial charge in [0.1, 0.15) is 11.6 Å². The minimum absolute atomic E-state index is 0. The zero-order chi connectivity index (χ0) is 7.84. The maximum atomic E-state index is 12.9. The summed E-state index contributed by atoms with van der Waals surface area (Å²) in [6.07, 6.45) is 0.654. The molecule has 1 heterocycles. The number of nitrogens with one attached hydrogen (secondary N) is 1. The van der Waals surface area contributed by atoms with Crippen molar-refractivity contribution in [1.29, 1.82) is 0 Å². The van der Waals surface area contributed by atoms with Crippen molar-refractivity contribution in [3.05, 3.63) is 29.3 Å². The molecule has 0 aliphatic carbocycles. The molecule has 1 aliphatic heterocycles. The standard InChI is InChI=1S/C8H7F2N.CH4/c9-5-3-7(10)6-1-2-11-8(6)4-5;/h3-4,11H,1-2H2;1H4. The third-order valence-corrected chi connectivity index (χ3v) is 1.85. The van der Waals surface area contributed by atoms with E-state index in [-0.39, 0.29) is 7.43 Å². The predicted molar refractivity (Wildman–Crippen MR) is 45.3 cm³/mol. The molecule has 1 aromatic rings. The third-order valence-electron chi connectivity index (χ3n) is 1.85. The fourth-order valence-corrected chi connectivity index (χ4v) is 1.34. The van der Waals surface area contributed by atoms with Crippen LogP contribution in [0.1, 0.15) is 13.0 Å². The molecule has 1 N–H and O–H groups in total. The van der Waals surface area contributed by atoms with Crippen LogP contribution in [0.25, 0.3) is 0 Å². The molecule has 12 heavy (non-hydrogen) atoms. The molecular formula is C9H11F2N. The molecule has 0 unspecified atom stereocenters. The van der Waals surface area contributed by atoms with Crippen molar-refractivity contribution in [1.82, 2.24) is 0 Å². The van der Waals surface area contributed by atoms with Crippen molar-refractivity contribution in [3.63, 3.8) is 0 Å². The summed E-state index contributed by atoms with van der Waals surface area (Å²) in [5, 5.41) is 2.90. The lowest BCUT2D eigenvalue weighted by Gasteiger charge is -1.99. The Bertz CT molecular complexity index is 297. The number of halogens is 2. The molecule has 0 spiro atoms. The minimum atomic E-state index is -0.518. The fourth-order valence-electron chi connectivity index (χ4n) is 1.34. The molecule has 0 bridgehead atoms. The molecule has 0 saturated carbocycles. The number of benzene rings is 1. The van der Waals surface area contributed by atoms with Gasteiger partial charge in [-0.15, -0.1) is 0 Å². The second-order valence-electron chi connectivity index (χ2n) is 2.59. The van der Waals surface area contributed by atoms with Gasteiger partial charge in [0.15, 0.2) is 0 Å². The first-order valence-electron chi connectivity index (χ1n) is 3.49. The van der Waals surface area contributed by atoms with E-state index in [1.165, 1.54) is 6.07 Å². The molecule has 0 fully saturated rings. The lowest BCUT2D eigenvalue weighted by atomic mass is 10.1. The molecule has 0 amide bonds. The Morgan fingerprint density at radius 2 is 2.00 bits per heavy atom. The van der Waals surface area contributed by atoms with Gasteiger partial charge in [0.25, 0.3) is 0 Å². The van der Waals surface area contributed by atoms with Gasteiger partial charge in [-0.05, 0) is 12.5 Å². The molecule has 0 atom stereocenters. The summed E-state index contributed by atoms with van der Waals surface area (Å²) in [7, 11) is 0. The van der Waals surface area contributed by atoms with Crippen LogP contribution in [0.4, 0.5) is 14.5 Å². The van der Waals surface area contributed by atoms with Gasteiger partial charge in [-0.2, -0.15) is 0 Å². The van der Waals surface area contributed by atoms with E-state index in [2.05, 4.69) is 5.32 Å². The summed E-state index contributed by atoms with van der Waals surface area (Å²) in [5.74, 6) is -0.958. The van der Waals surface area contributed by atoms with Gasteiger partial charge in [-0.1, -0.05) is 7.43 Å². The van der Waals surface area contributed by atoms with Gasteiger partial charge in [0, 0.05) is 23.9 Å². The van der Waals surface area contributed by atoms with E-state index in [1.807, 2.05) is 0 Å². The Morgan fingerprint density at radius 1 is 1.25 bits per heavy atom. The quantitative estimate of drug-likeness (QED) is 0.632. The average molecular weight is 171 g/mol. The van der Waals surface area contributed by atoms with Crippen LogP contribution in [0.5, 0.6) is 0 Å². The number of fused-ring (bicyclic) bond motifs is 1. The van der Waals surface area contributed by atoms with Crippen LogP contribution < -0.4 is 5.32 Å². The van der Waals surface area contributed by atoms with Crippen molar-refractivity contribution in [2.75, 3.05) is 11.9 Å². The molecule has 1 aromatic carbocycles. The maximum Gasteiger partial charge on any atom is 0.131 e. The average Bonchev–Trinajstić information content (AvgIpc) is 2.34. The summed E-state index contributed by atoms with van der Waals surface area (Å²) in [6.45, 7) is 0.704. The smallest absolute Gasteiger partial charge is 0.131 e. The van der Waals surface area contributed by atoms with E-state index < -0.39 is 11.6 Å². The molecule has 66 valence electrons. The van der Waals surface area contributed by atoms with E-state index in [4.69, 9.17) is 0 Å². The zero-order valence-corrected chi connectivity index (χ0v) is 5.82. The Kier molecular flexibility index (Phi) is 2.31. The van der Waals surface area contributed by atoms with E-state index in [0.717, 1.165) is 6.07 Å². The Labute approximate surface area is 70.4 Å². The van der Waals surface area contributed by atoms with Gasteiger partial charge in [-0.25, -0.2) is 8.78 Å². The van der Waals surface area contributed by atoms with Crippen LogP contribution in [0.2, 0.25) is 0 Å². The van der Waals surface area contributed by atoms with Crippen molar-refractivity contribution in [2.24, 2.45) is 0 Å². The summed E-state index contributed by atoms with van der Waals surface area (Å²) in [5.41, 5.74) is 1.20. The zero-order valence-electron chi connectivity index (χ0n) is 5.82. The molecule has 0 saturated heterocycles. The lowest BCUT2D eigenvalue weighted by Crippen LogP contribution is -1.91. The van der Waals surface area contributed by atoms with Gasteiger partial charge in [0.2, 0.25) is 0 Å². The number of anilines is 1. The monoisotopic (exact) mass is 171 g/mol. The van der Waals surface area contributed by atoms with Crippen LogP contribution >= 0.6 is 0 Å². The first-order valence-corrected chi connectivity index (χ1v) is 3.49. The maximum absolute atomic E-state index is 12.9. The SMILES string of the molecule is C.Fc1cc(F)c2c(c1)NCC2. The predicted octanol–water partition coefficient (Wildman–Crippen LogP) is 2.57. The summed E-state index contributed by atoms with van der Waals surface area (Å²) < 4.78 is 25.4. The van der Waals surface area contributed by atoms with Crippen molar-refractivity contribution in [2.45, 2.75) is 13.8 Å². The van der Waals surface area contributed by atoms with Gasteiger partial charge in [0.05, 0.1) is 0 Å². The highest BCUT2D eigenvalue weighted by atomic mass is 19.1. The van der Waals surface area contributed by atoms with E-state index in [0.29, 0.717) is 24.2 Å². The molecule has 1 nitrogen and oxygen atoms in total. The second kappa shape index (κ2) is 3.09. The fraction of sp³-hybridized carbons (Fsp3) is 0.333. The summed E-state index contributed by atoms with van der Waals surface area (Å²) in [6, 6.07) is 2.25. The van der Waals surface area contributed by atoms with Crippen LogP contribution in [0.3, 0.4) is 0 Å². The van der Waals surface area contributed by atoms with Crippen LogP contribution in [0.15, 0.2) is 12.1 Å². The first kappa shape index (κ1) is 8.97. The summed E-state index contributed by atoms with van der Waals surface area (Å²) in [4.78, 5) is 0.